The van der Waals surface area contributed by atoms with Crippen molar-refractivity contribution in [3.05, 3.63) is 82.9 Å². The average molecular weight is 385 g/mol. The molecule has 26 heavy (non-hydrogen) atoms. The van der Waals surface area contributed by atoms with Crippen LogP contribution in [0.5, 0.6) is 0 Å². The highest BCUT2D eigenvalue weighted by molar-refractivity contribution is 6.35. The summed E-state index contributed by atoms with van der Waals surface area (Å²) in [6.07, 6.45) is 3.29. The predicted octanol–water partition coefficient (Wildman–Crippen LogP) is 5.94. The Balaban J connectivity index is 1.94. The van der Waals surface area contributed by atoms with Gasteiger partial charge in [0, 0.05) is 16.2 Å². The maximum Gasteiger partial charge on any atom is 0.235 e. The highest BCUT2D eigenvalue weighted by Crippen LogP contribution is 2.36. The van der Waals surface area contributed by atoms with E-state index in [1.807, 2.05) is 6.07 Å². The number of anilines is 3. The molecule has 128 valence electrons. The second kappa shape index (κ2) is 6.86. The van der Waals surface area contributed by atoms with Crippen molar-refractivity contribution >= 4 is 51.6 Å². The first-order chi connectivity index (χ1) is 12.6. The van der Waals surface area contributed by atoms with Crippen molar-refractivity contribution in [2.45, 2.75) is 0 Å². The molecular formula is C19H11Cl2FN4. The lowest BCUT2D eigenvalue weighted by Gasteiger charge is -2.23. The van der Waals surface area contributed by atoms with Crippen molar-refractivity contribution in [2.24, 2.45) is 0 Å². The molecule has 2 aromatic heterocycles. The molecule has 4 rings (SSSR count). The van der Waals surface area contributed by atoms with Gasteiger partial charge in [-0.3, -0.25) is 9.88 Å². The zero-order valence-corrected chi connectivity index (χ0v) is 14.8. The van der Waals surface area contributed by atoms with Crippen LogP contribution in [0, 0.1) is 5.82 Å². The Labute approximate surface area is 158 Å². The summed E-state index contributed by atoms with van der Waals surface area (Å²) in [5.74, 6) is -0.0162. The van der Waals surface area contributed by atoms with Gasteiger partial charge in [-0.2, -0.15) is 0 Å². The number of hydrogen-bond donors (Lipinski definition) is 0. The summed E-state index contributed by atoms with van der Waals surface area (Å²) < 4.78 is 13.8. The number of hydrogen-bond acceptors (Lipinski definition) is 4. The summed E-state index contributed by atoms with van der Waals surface area (Å²) in [6, 6.07) is 14.8. The molecule has 0 saturated heterocycles. The summed E-state index contributed by atoms with van der Waals surface area (Å²) in [5, 5.41) is 0.910. The molecule has 7 heteroatoms. The van der Waals surface area contributed by atoms with Gasteiger partial charge in [0.25, 0.3) is 0 Å². The molecule has 0 aliphatic heterocycles. The van der Waals surface area contributed by atoms with Gasteiger partial charge < -0.3 is 0 Å². The van der Waals surface area contributed by atoms with E-state index in [1.165, 1.54) is 12.1 Å². The second-order valence-corrected chi connectivity index (χ2v) is 6.39. The number of aromatic nitrogens is 3. The van der Waals surface area contributed by atoms with Gasteiger partial charge in [0.1, 0.15) is 11.3 Å². The number of halogens is 3. The van der Waals surface area contributed by atoms with E-state index in [4.69, 9.17) is 23.2 Å². The molecule has 0 bridgehead atoms. The first-order valence-corrected chi connectivity index (χ1v) is 8.45. The Bertz CT molecular complexity index is 1080. The molecule has 0 aliphatic rings. The number of pyridine rings is 1. The Hall–Kier alpha value is -2.76. The summed E-state index contributed by atoms with van der Waals surface area (Å²) >= 11 is 12.3. The first kappa shape index (κ1) is 16.7. The van der Waals surface area contributed by atoms with E-state index < -0.39 is 0 Å². The number of benzene rings is 2. The zero-order valence-electron chi connectivity index (χ0n) is 13.3. The van der Waals surface area contributed by atoms with Gasteiger partial charge in [-0.15, -0.1) is 0 Å². The summed E-state index contributed by atoms with van der Waals surface area (Å²) in [7, 11) is 0. The third kappa shape index (κ3) is 3.31. The van der Waals surface area contributed by atoms with E-state index in [1.54, 1.807) is 53.7 Å². The number of rotatable bonds is 3. The fraction of sp³-hybridized carbons (Fsp3) is 0. The molecule has 0 saturated carbocycles. The number of nitrogens with zero attached hydrogens (tertiary/aromatic N) is 4. The summed E-state index contributed by atoms with van der Waals surface area (Å²) in [4.78, 5) is 14.9. The molecule has 0 spiro atoms. The molecule has 0 unspecified atom stereocenters. The van der Waals surface area contributed by atoms with Crippen LogP contribution in [0.15, 0.2) is 67.0 Å². The third-order valence-electron chi connectivity index (χ3n) is 3.71. The van der Waals surface area contributed by atoms with Crippen LogP contribution in [-0.4, -0.2) is 15.0 Å². The van der Waals surface area contributed by atoms with Crippen molar-refractivity contribution in [3.8, 4) is 0 Å². The molecule has 0 radical (unpaired) electrons. The molecule has 0 amide bonds. The van der Waals surface area contributed by atoms with E-state index >= 15 is 0 Å². The average Bonchev–Trinajstić information content (AvgIpc) is 2.61. The van der Waals surface area contributed by atoms with Gasteiger partial charge in [0.15, 0.2) is 0 Å². The molecule has 0 aliphatic carbocycles. The zero-order chi connectivity index (χ0) is 18.1. The minimum Gasteiger partial charge on any atom is -0.279 e. The smallest absolute Gasteiger partial charge is 0.235 e. The molecular weight excluding hydrogens is 374 g/mol. The van der Waals surface area contributed by atoms with Crippen LogP contribution >= 0.6 is 23.2 Å². The molecule has 0 N–H and O–H groups in total. The molecule has 0 atom stereocenters. The lowest BCUT2D eigenvalue weighted by molar-refractivity contribution is 0.628. The largest absolute Gasteiger partial charge is 0.279 e. The Morgan fingerprint density at radius 3 is 2.38 bits per heavy atom. The normalized spacial score (nSPS) is 10.9. The standard InChI is InChI=1S/C19H11Cl2FN4/c20-12-7-13(21)9-16(8-12)26(15-4-1-3-14(22)10-15)19-24-11-18-17(25-19)5-2-6-23-18/h1-11H. The molecule has 2 aromatic carbocycles. The number of fused-ring (bicyclic) bond motifs is 1. The fourth-order valence-electron chi connectivity index (χ4n) is 2.63. The van der Waals surface area contributed by atoms with E-state index in [0.29, 0.717) is 38.4 Å². The van der Waals surface area contributed by atoms with Crippen LogP contribution in [0.25, 0.3) is 11.0 Å². The highest BCUT2D eigenvalue weighted by atomic mass is 35.5. The van der Waals surface area contributed by atoms with Gasteiger partial charge >= 0.3 is 0 Å². The van der Waals surface area contributed by atoms with Crippen LogP contribution in [0.3, 0.4) is 0 Å². The molecule has 0 fully saturated rings. The van der Waals surface area contributed by atoms with Crippen molar-refractivity contribution in [2.75, 3.05) is 4.90 Å². The summed E-state index contributed by atoms with van der Waals surface area (Å²) in [6.45, 7) is 0. The molecule has 2 heterocycles. The monoisotopic (exact) mass is 384 g/mol. The van der Waals surface area contributed by atoms with Gasteiger partial charge in [0.2, 0.25) is 5.95 Å². The van der Waals surface area contributed by atoms with Crippen molar-refractivity contribution in [1.29, 1.82) is 0 Å². The third-order valence-corrected chi connectivity index (χ3v) is 4.15. The molecule has 4 aromatic rings. The highest BCUT2D eigenvalue weighted by Gasteiger charge is 2.17. The van der Waals surface area contributed by atoms with Crippen molar-refractivity contribution < 1.29 is 4.39 Å². The lowest BCUT2D eigenvalue weighted by Crippen LogP contribution is -2.13. The maximum atomic E-state index is 13.8. The predicted molar refractivity (Wildman–Crippen MR) is 102 cm³/mol. The quantitative estimate of drug-likeness (QED) is 0.438. The van der Waals surface area contributed by atoms with E-state index in [9.17, 15) is 4.39 Å². The van der Waals surface area contributed by atoms with Crippen LogP contribution in [0.4, 0.5) is 21.7 Å². The summed E-state index contributed by atoms with van der Waals surface area (Å²) in [5.41, 5.74) is 2.51. The van der Waals surface area contributed by atoms with Gasteiger partial charge in [-0.25, -0.2) is 14.4 Å². The van der Waals surface area contributed by atoms with E-state index in [-0.39, 0.29) is 5.82 Å². The van der Waals surface area contributed by atoms with Gasteiger partial charge in [0.05, 0.1) is 23.1 Å². The Morgan fingerprint density at radius 1 is 0.808 bits per heavy atom. The van der Waals surface area contributed by atoms with Crippen molar-refractivity contribution in [1.82, 2.24) is 15.0 Å². The van der Waals surface area contributed by atoms with E-state index in [2.05, 4.69) is 15.0 Å². The molecule has 4 nitrogen and oxygen atoms in total. The minimum atomic E-state index is -0.372. The maximum absolute atomic E-state index is 13.8. The lowest BCUT2D eigenvalue weighted by atomic mass is 10.2. The van der Waals surface area contributed by atoms with Gasteiger partial charge in [-0.1, -0.05) is 29.3 Å². The van der Waals surface area contributed by atoms with Gasteiger partial charge in [-0.05, 0) is 48.5 Å². The minimum absolute atomic E-state index is 0.356. The van der Waals surface area contributed by atoms with Crippen LogP contribution < -0.4 is 4.90 Å². The van der Waals surface area contributed by atoms with Crippen molar-refractivity contribution in [3.63, 3.8) is 0 Å². The Kier molecular flexibility index (Phi) is 4.41. The topological polar surface area (TPSA) is 41.9 Å². The fourth-order valence-corrected chi connectivity index (χ4v) is 3.14. The SMILES string of the molecule is Fc1cccc(N(c2cc(Cl)cc(Cl)c2)c2ncc3ncccc3n2)c1. The van der Waals surface area contributed by atoms with E-state index in [0.717, 1.165) is 0 Å². The van der Waals surface area contributed by atoms with Crippen LogP contribution in [0.1, 0.15) is 0 Å². The Morgan fingerprint density at radius 2 is 1.62 bits per heavy atom. The second-order valence-electron chi connectivity index (χ2n) is 5.52. The van der Waals surface area contributed by atoms with Crippen LogP contribution in [0.2, 0.25) is 10.0 Å². The first-order valence-electron chi connectivity index (χ1n) is 7.70. The van der Waals surface area contributed by atoms with Crippen LogP contribution in [-0.2, 0) is 0 Å².